The highest BCUT2D eigenvalue weighted by Gasteiger charge is 2.20. The summed E-state index contributed by atoms with van der Waals surface area (Å²) >= 11 is 0. The molecule has 9 heteroatoms. The third-order valence-electron chi connectivity index (χ3n) is 3.74. The van der Waals surface area contributed by atoms with Gasteiger partial charge in [0.05, 0.1) is 17.1 Å². The molecule has 0 radical (unpaired) electrons. The van der Waals surface area contributed by atoms with Crippen molar-refractivity contribution >= 4 is 27.6 Å². The van der Waals surface area contributed by atoms with Crippen molar-refractivity contribution < 1.29 is 27.5 Å². The minimum atomic E-state index is -3.90. The summed E-state index contributed by atoms with van der Waals surface area (Å²) in [7, 11) is -3.90. The first-order valence-electron chi connectivity index (χ1n) is 8.94. The van der Waals surface area contributed by atoms with Gasteiger partial charge in [0.25, 0.3) is 5.91 Å². The van der Waals surface area contributed by atoms with Gasteiger partial charge in [-0.2, -0.15) is 0 Å². The Balaban J connectivity index is 2.01. The van der Waals surface area contributed by atoms with E-state index < -0.39 is 28.0 Å². The zero-order valence-electron chi connectivity index (χ0n) is 16.4. The Morgan fingerprint density at radius 1 is 1.07 bits per heavy atom. The summed E-state index contributed by atoms with van der Waals surface area (Å²) in [6.07, 6.45) is -1.11. The first kappa shape index (κ1) is 22.4. The van der Waals surface area contributed by atoms with Crippen molar-refractivity contribution in [3.05, 3.63) is 54.1 Å². The van der Waals surface area contributed by atoms with Gasteiger partial charge in [-0.15, -0.1) is 0 Å². The molecule has 1 atom stereocenters. The Kier molecular flexibility index (Phi) is 7.35. The van der Waals surface area contributed by atoms with E-state index >= 15 is 0 Å². The van der Waals surface area contributed by atoms with Crippen molar-refractivity contribution in [1.82, 2.24) is 0 Å². The molecule has 0 saturated carbocycles. The summed E-state index contributed by atoms with van der Waals surface area (Å²) < 4.78 is 33.6. The van der Waals surface area contributed by atoms with Crippen LogP contribution in [0, 0.1) is 5.92 Å². The van der Waals surface area contributed by atoms with Gasteiger partial charge < -0.3 is 14.8 Å². The van der Waals surface area contributed by atoms with Gasteiger partial charge in [-0.25, -0.2) is 18.4 Å². The van der Waals surface area contributed by atoms with Gasteiger partial charge in [-0.05, 0) is 49.2 Å². The molecule has 29 heavy (non-hydrogen) atoms. The van der Waals surface area contributed by atoms with Crippen LogP contribution in [0.2, 0.25) is 0 Å². The van der Waals surface area contributed by atoms with E-state index in [-0.39, 0.29) is 16.1 Å². The molecular formula is C20H24N2O6S. The molecule has 2 aromatic carbocycles. The van der Waals surface area contributed by atoms with Crippen LogP contribution >= 0.6 is 0 Å². The summed E-state index contributed by atoms with van der Waals surface area (Å²) in [4.78, 5) is 24.5. The van der Waals surface area contributed by atoms with Crippen LogP contribution in [0.5, 0.6) is 5.75 Å². The molecule has 0 saturated heterocycles. The molecule has 0 heterocycles. The second-order valence-electron chi connectivity index (χ2n) is 6.84. The fourth-order valence-corrected chi connectivity index (χ4v) is 2.81. The second kappa shape index (κ2) is 9.53. The summed E-state index contributed by atoms with van der Waals surface area (Å²) in [6.45, 7) is 5.94. The highest BCUT2D eigenvalue weighted by atomic mass is 32.2. The van der Waals surface area contributed by atoms with E-state index in [4.69, 9.17) is 14.6 Å². The number of esters is 1. The molecule has 2 rings (SSSR count). The Labute approximate surface area is 170 Å². The van der Waals surface area contributed by atoms with Crippen LogP contribution < -0.4 is 15.2 Å². The van der Waals surface area contributed by atoms with Crippen molar-refractivity contribution in [2.45, 2.75) is 31.8 Å². The number of benzene rings is 2. The summed E-state index contributed by atoms with van der Waals surface area (Å²) in [5, 5.41) is 7.57. The highest BCUT2D eigenvalue weighted by Crippen LogP contribution is 2.17. The standard InChI is InChI=1S/C20H24N2O6S/c1-13(2)12-27-17-8-4-6-15(10-17)20(24)28-14(3)19(23)22-16-7-5-9-18(11-16)29(21,25)26/h4-11,13-14H,12H2,1-3H3,(H,22,23)(H2,21,25,26)/t14-/m1/s1. The second-order valence-corrected chi connectivity index (χ2v) is 8.40. The van der Waals surface area contributed by atoms with E-state index in [9.17, 15) is 18.0 Å². The molecule has 0 aliphatic carbocycles. The number of carbonyl (C=O) groups is 2. The topological polar surface area (TPSA) is 125 Å². The van der Waals surface area contributed by atoms with Gasteiger partial charge >= 0.3 is 5.97 Å². The molecule has 3 N–H and O–H groups in total. The number of sulfonamides is 1. The number of carbonyl (C=O) groups excluding carboxylic acids is 2. The molecule has 156 valence electrons. The minimum absolute atomic E-state index is 0.141. The van der Waals surface area contributed by atoms with Crippen molar-refractivity contribution in [2.75, 3.05) is 11.9 Å². The van der Waals surface area contributed by atoms with E-state index in [1.165, 1.54) is 31.2 Å². The number of primary sulfonamides is 1. The minimum Gasteiger partial charge on any atom is -0.493 e. The summed E-state index contributed by atoms with van der Waals surface area (Å²) in [6, 6.07) is 12.0. The number of anilines is 1. The third-order valence-corrected chi connectivity index (χ3v) is 4.65. The molecule has 8 nitrogen and oxygen atoms in total. The van der Waals surface area contributed by atoms with Gasteiger partial charge in [-0.3, -0.25) is 4.79 Å². The highest BCUT2D eigenvalue weighted by molar-refractivity contribution is 7.89. The van der Waals surface area contributed by atoms with E-state index in [1.807, 2.05) is 13.8 Å². The number of hydrogen-bond acceptors (Lipinski definition) is 6. The van der Waals surface area contributed by atoms with Gasteiger partial charge in [0.15, 0.2) is 6.10 Å². The third kappa shape index (κ3) is 6.88. The number of ether oxygens (including phenoxy) is 2. The van der Waals surface area contributed by atoms with Crippen LogP contribution in [0.1, 0.15) is 31.1 Å². The Morgan fingerprint density at radius 3 is 2.41 bits per heavy atom. The molecule has 0 unspecified atom stereocenters. The molecule has 0 bridgehead atoms. The van der Waals surface area contributed by atoms with Gasteiger partial charge in [0, 0.05) is 5.69 Å². The maximum absolute atomic E-state index is 12.3. The van der Waals surface area contributed by atoms with E-state index in [1.54, 1.807) is 24.3 Å². The van der Waals surface area contributed by atoms with Crippen LogP contribution in [0.15, 0.2) is 53.4 Å². The maximum atomic E-state index is 12.3. The van der Waals surface area contributed by atoms with Gasteiger partial charge in [0.1, 0.15) is 5.75 Å². The maximum Gasteiger partial charge on any atom is 0.339 e. The smallest absolute Gasteiger partial charge is 0.339 e. The lowest BCUT2D eigenvalue weighted by Crippen LogP contribution is -2.30. The Morgan fingerprint density at radius 2 is 1.76 bits per heavy atom. The number of amides is 1. The molecule has 0 aliphatic rings. The number of nitrogens with one attached hydrogen (secondary N) is 1. The zero-order chi connectivity index (χ0) is 21.6. The summed E-state index contributed by atoms with van der Waals surface area (Å²) in [5.74, 6) is -0.426. The zero-order valence-corrected chi connectivity index (χ0v) is 17.2. The quantitative estimate of drug-likeness (QED) is 0.632. The predicted octanol–water partition coefficient (Wildman–Crippen LogP) is 2.55. The monoisotopic (exact) mass is 420 g/mol. The van der Waals surface area contributed by atoms with Crippen molar-refractivity contribution in [3.63, 3.8) is 0 Å². The molecule has 0 aromatic heterocycles. The molecule has 1 amide bonds. The lowest BCUT2D eigenvalue weighted by Gasteiger charge is -2.14. The molecule has 0 fully saturated rings. The lowest BCUT2D eigenvalue weighted by molar-refractivity contribution is -0.123. The average molecular weight is 420 g/mol. The van der Waals surface area contributed by atoms with Crippen molar-refractivity contribution in [1.29, 1.82) is 0 Å². The van der Waals surface area contributed by atoms with E-state index in [0.29, 0.717) is 18.3 Å². The van der Waals surface area contributed by atoms with Crippen molar-refractivity contribution in [2.24, 2.45) is 11.1 Å². The molecule has 2 aromatic rings. The summed E-state index contributed by atoms with van der Waals surface area (Å²) in [5.41, 5.74) is 0.468. The van der Waals surface area contributed by atoms with E-state index in [2.05, 4.69) is 5.32 Å². The number of hydrogen-bond donors (Lipinski definition) is 2. The molecule has 0 aliphatic heterocycles. The van der Waals surface area contributed by atoms with Gasteiger partial charge in [-0.1, -0.05) is 26.0 Å². The van der Waals surface area contributed by atoms with Crippen LogP contribution in [-0.4, -0.2) is 33.0 Å². The first-order chi connectivity index (χ1) is 13.6. The molecular weight excluding hydrogens is 396 g/mol. The van der Waals surface area contributed by atoms with Crippen LogP contribution in [0.25, 0.3) is 0 Å². The van der Waals surface area contributed by atoms with Crippen LogP contribution in [-0.2, 0) is 19.6 Å². The molecule has 0 spiro atoms. The normalized spacial score (nSPS) is 12.3. The number of rotatable bonds is 8. The largest absolute Gasteiger partial charge is 0.493 e. The SMILES string of the molecule is CC(C)COc1cccc(C(=O)O[C@H](C)C(=O)Nc2cccc(S(N)(=O)=O)c2)c1. The average Bonchev–Trinajstić information content (AvgIpc) is 2.66. The fourth-order valence-electron chi connectivity index (χ4n) is 2.25. The Hall–Kier alpha value is -2.91. The van der Waals surface area contributed by atoms with Gasteiger partial charge in [0.2, 0.25) is 10.0 Å². The first-order valence-corrected chi connectivity index (χ1v) is 10.5. The van der Waals surface area contributed by atoms with E-state index in [0.717, 1.165) is 0 Å². The Bertz CT molecular complexity index is 988. The predicted molar refractivity (Wildman–Crippen MR) is 108 cm³/mol. The number of nitrogens with two attached hydrogens (primary N) is 1. The fraction of sp³-hybridized carbons (Fsp3) is 0.300. The lowest BCUT2D eigenvalue weighted by atomic mass is 10.2. The van der Waals surface area contributed by atoms with Crippen LogP contribution in [0.4, 0.5) is 5.69 Å². The van der Waals surface area contributed by atoms with Crippen LogP contribution in [0.3, 0.4) is 0 Å². The van der Waals surface area contributed by atoms with Crippen molar-refractivity contribution in [3.8, 4) is 5.75 Å².